The highest BCUT2D eigenvalue weighted by Crippen LogP contribution is 2.61. The second-order valence-corrected chi connectivity index (χ2v) is 4.07. The van der Waals surface area contributed by atoms with Gasteiger partial charge in [-0.2, -0.15) is 5.10 Å². The zero-order chi connectivity index (χ0) is 10.6. The van der Waals surface area contributed by atoms with Crippen LogP contribution >= 0.6 is 0 Å². The normalized spacial score (nSPS) is 30.9. The van der Waals surface area contributed by atoms with Gasteiger partial charge >= 0.3 is 5.97 Å². The van der Waals surface area contributed by atoms with Gasteiger partial charge in [-0.25, -0.2) is 4.79 Å². The lowest BCUT2D eigenvalue weighted by molar-refractivity contribution is 0.0518. The van der Waals surface area contributed by atoms with Gasteiger partial charge in [-0.3, -0.25) is 5.10 Å². The molecule has 0 radical (unpaired) electrons. The maximum Gasteiger partial charge on any atom is 0.359 e. The average molecular weight is 208 g/mol. The standard InChI is InChI=1S/C10H12N2O3/c1-2-15-10(14)8-6-4-3-5(4)9(13)7(6)11-12-8/h4-5,9,13H,2-3H2,1H3,(H,11,12)/t4-,5?,9?/m0/s1. The van der Waals surface area contributed by atoms with Crippen LogP contribution in [0.2, 0.25) is 0 Å². The van der Waals surface area contributed by atoms with Gasteiger partial charge in [-0.05, 0) is 25.2 Å². The van der Waals surface area contributed by atoms with Crippen molar-refractivity contribution < 1.29 is 14.6 Å². The summed E-state index contributed by atoms with van der Waals surface area (Å²) in [5.74, 6) is 0.213. The number of carbonyl (C=O) groups excluding carboxylic acids is 1. The first-order valence-electron chi connectivity index (χ1n) is 5.17. The number of aliphatic hydroxyl groups excluding tert-OH is 1. The highest BCUT2D eigenvalue weighted by molar-refractivity contribution is 5.90. The Bertz CT molecular complexity index is 426. The Kier molecular flexibility index (Phi) is 1.68. The van der Waals surface area contributed by atoms with Crippen LogP contribution in [0.5, 0.6) is 0 Å². The van der Waals surface area contributed by atoms with Crippen LogP contribution in [-0.2, 0) is 4.74 Å². The van der Waals surface area contributed by atoms with Crippen LogP contribution in [0.15, 0.2) is 0 Å². The first-order valence-corrected chi connectivity index (χ1v) is 5.17. The van der Waals surface area contributed by atoms with Gasteiger partial charge in [0, 0.05) is 5.56 Å². The molecular formula is C10H12N2O3. The molecule has 0 aromatic carbocycles. The van der Waals surface area contributed by atoms with Gasteiger partial charge in [-0.15, -0.1) is 0 Å². The third-order valence-corrected chi connectivity index (χ3v) is 3.21. The van der Waals surface area contributed by atoms with E-state index in [-0.39, 0.29) is 0 Å². The van der Waals surface area contributed by atoms with E-state index in [2.05, 4.69) is 10.2 Å². The summed E-state index contributed by atoms with van der Waals surface area (Å²) in [4.78, 5) is 11.5. The predicted molar refractivity (Wildman–Crippen MR) is 50.4 cm³/mol. The zero-order valence-corrected chi connectivity index (χ0v) is 8.36. The molecule has 0 bridgehead atoms. The third-order valence-electron chi connectivity index (χ3n) is 3.21. The number of H-pyrrole nitrogens is 1. The van der Waals surface area contributed by atoms with E-state index in [1.54, 1.807) is 6.92 Å². The highest BCUT2D eigenvalue weighted by atomic mass is 16.5. The molecule has 1 saturated carbocycles. The molecule has 1 fully saturated rings. The van der Waals surface area contributed by atoms with E-state index >= 15 is 0 Å². The van der Waals surface area contributed by atoms with Crippen LogP contribution in [0.4, 0.5) is 0 Å². The number of rotatable bonds is 2. The number of ether oxygens (including phenoxy) is 1. The number of aromatic nitrogens is 2. The number of carbonyl (C=O) groups is 1. The molecule has 1 heterocycles. The van der Waals surface area contributed by atoms with Crippen molar-refractivity contribution in [1.82, 2.24) is 10.2 Å². The molecule has 3 atom stereocenters. The molecule has 3 rings (SSSR count). The van der Waals surface area contributed by atoms with E-state index < -0.39 is 12.1 Å². The summed E-state index contributed by atoms with van der Waals surface area (Å²) < 4.78 is 4.91. The molecule has 0 spiro atoms. The molecule has 2 aliphatic carbocycles. The van der Waals surface area contributed by atoms with E-state index in [0.717, 1.165) is 12.0 Å². The fourth-order valence-corrected chi connectivity index (χ4v) is 2.43. The minimum atomic E-state index is -0.472. The highest BCUT2D eigenvalue weighted by Gasteiger charge is 2.55. The topological polar surface area (TPSA) is 75.2 Å². The average Bonchev–Trinajstić information content (AvgIpc) is 2.79. The zero-order valence-electron chi connectivity index (χ0n) is 8.36. The van der Waals surface area contributed by atoms with Crippen molar-refractivity contribution in [3.63, 3.8) is 0 Å². The van der Waals surface area contributed by atoms with Gasteiger partial charge in [0.1, 0.15) is 0 Å². The fraction of sp³-hybridized carbons (Fsp3) is 0.600. The van der Waals surface area contributed by atoms with Crippen molar-refractivity contribution in [3.8, 4) is 0 Å². The van der Waals surface area contributed by atoms with Crippen LogP contribution in [-0.4, -0.2) is 27.9 Å². The van der Waals surface area contributed by atoms with Crippen molar-refractivity contribution in [1.29, 1.82) is 0 Å². The van der Waals surface area contributed by atoms with E-state index in [1.165, 1.54) is 0 Å². The van der Waals surface area contributed by atoms with Gasteiger partial charge in [0.05, 0.1) is 18.4 Å². The Hall–Kier alpha value is -1.36. The minimum Gasteiger partial charge on any atom is -0.461 e. The molecule has 1 aromatic rings. The summed E-state index contributed by atoms with van der Waals surface area (Å²) in [5, 5.41) is 16.5. The number of fused-ring (bicyclic) bond motifs is 3. The first kappa shape index (κ1) is 8.91. The summed E-state index contributed by atoms with van der Waals surface area (Å²) >= 11 is 0. The van der Waals surface area contributed by atoms with Crippen molar-refractivity contribution in [2.75, 3.05) is 6.61 Å². The molecule has 2 unspecified atom stereocenters. The van der Waals surface area contributed by atoms with Crippen LogP contribution in [0.3, 0.4) is 0 Å². The molecule has 0 amide bonds. The monoisotopic (exact) mass is 208 g/mol. The molecule has 80 valence electrons. The predicted octanol–water partition coefficient (Wildman–Crippen LogP) is 0.737. The smallest absolute Gasteiger partial charge is 0.359 e. The second-order valence-electron chi connectivity index (χ2n) is 4.07. The Labute approximate surface area is 86.4 Å². The number of nitrogens with one attached hydrogen (secondary N) is 1. The van der Waals surface area contributed by atoms with Gasteiger partial charge in [0.2, 0.25) is 0 Å². The number of esters is 1. The van der Waals surface area contributed by atoms with Crippen molar-refractivity contribution in [2.24, 2.45) is 5.92 Å². The molecule has 0 aliphatic heterocycles. The SMILES string of the molecule is CCOC(=O)c1n[nH]c2c1[C@H]1CC1C2O. The van der Waals surface area contributed by atoms with Gasteiger partial charge < -0.3 is 9.84 Å². The molecule has 15 heavy (non-hydrogen) atoms. The van der Waals surface area contributed by atoms with Gasteiger partial charge in [-0.1, -0.05) is 0 Å². The molecular weight excluding hydrogens is 196 g/mol. The summed E-state index contributed by atoms with van der Waals surface area (Å²) in [6, 6.07) is 0. The molecule has 2 N–H and O–H groups in total. The van der Waals surface area contributed by atoms with Crippen molar-refractivity contribution in [3.05, 3.63) is 17.0 Å². The number of hydrogen-bond donors (Lipinski definition) is 2. The third kappa shape index (κ3) is 1.07. The summed E-state index contributed by atoms with van der Waals surface area (Å²) in [5.41, 5.74) is 1.95. The second kappa shape index (κ2) is 2.82. The molecule has 5 heteroatoms. The van der Waals surface area contributed by atoms with Crippen molar-refractivity contribution >= 4 is 5.97 Å². The van der Waals surface area contributed by atoms with E-state index in [4.69, 9.17) is 4.74 Å². The number of nitrogens with zero attached hydrogens (tertiary/aromatic N) is 1. The lowest BCUT2D eigenvalue weighted by Crippen LogP contribution is -2.07. The van der Waals surface area contributed by atoms with Crippen LogP contribution in [0, 0.1) is 5.92 Å². The van der Waals surface area contributed by atoms with Crippen LogP contribution in [0.1, 0.15) is 47.1 Å². The Morgan fingerprint density at radius 2 is 2.53 bits per heavy atom. The van der Waals surface area contributed by atoms with Gasteiger partial charge in [0.15, 0.2) is 5.69 Å². The molecule has 1 aromatic heterocycles. The van der Waals surface area contributed by atoms with Crippen LogP contribution in [0.25, 0.3) is 0 Å². The van der Waals surface area contributed by atoms with E-state index in [0.29, 0.717) is 29.8 Å². The van der Waals surface area contributed by atoms with Crippen LogP contribution < -0.4 is 0 Å². The number of hydrogen-bond acceptors (Lipinski definition) is 4. The molecule has 2 aliphatic rings. The molecule has 5 nitrogen and oxygen atoms in total. The summed E-state index contributed by atoms with van der Waals surface area (Å²) in [7, 11) is 0. The fourth-order valence-electron chi connectivity index (χ4n) is 2.43. The summed E-state index contributed by atoms with van der Waals surface area (Å²) in [6.07, 6.45) is 0.487. The Balaban J connectivity index is 1.98. The maximum absolute atomic E-state index is 11.5. The van der Waals surface area contributed by atoms with Crippen molar-refractivity contribution in [2.45, 2.75) is 25.4 Å². The minimum absolute atomic E-state index is 0.294. The lowest BCUT2D eigenvalue weighted by atomic mass is 10.1. The van der Waals surface area contributed by atoms with E-state index in [9.17, 15) is 9.90 Å². The van der Waals surface area contributed by atoms with Gasteiger partial charge in [0.25, 0.3) is 0 Å². The Morgan fingerprint density at radius 1 is 1.73 bits per heavy atom. The first-order chi connectivity index (χ1) is 7.24. The Morgan fingerprint density at radius 3 is 3.27 bits per heavy atom. The number of aromatic amines is 1. The maximum atomic E-state index is 11.5. The number of aliphatic hydroxyl groups is 1. The van der Waals surface area contributed by atoms with E-state index in [1.807, 2.05) is 0 Å². The quantitative estimate of drug-likeness (QED) is 0.703. The summed E-state index contributed by atoms with van der Waals surface area (Å²) in [6.45, 7) is 2.11. The molecule has 0 saturated heterocycles. The lowest BCUT2D eigenvalue weighted by Gasteiger charge is -2.01. The largest absolute Gasteiger partial charge is 0.461 e.